The zero-order valence-corrected chi connectivity index (χ0v) is 11.7. The fourth-order valence-electron chi connectivity index (χ4n) is 1.23. The third-order valence-electron chi connectivity index (χ3n) is 2.27. The van der Waals surface area contributed by atoms with Crippen molar-refractivity contribution in [2.45, 2.75) is 45.7 Å². The molecule has 0 heterocycles. The number of amides is 1. The smallest absolute Gasteiger partial charge is 0.328 e. The van der Waals surface area contributed by atoms with E-state index in [1.54, 1.807) is 0 Å². The summed E-state index contributed by atoms with van der Waals surface area (Å²) in [6, 6.07) is -0.591. The quantitative estimate of drug-likeness (QED) is 0.699. The molecule has 17 heavy (non-hydrogen) atoms. The highest BCUT2D eigenvalue weighted by molar-refractivity contribution is 5.85. The fraction of sp³-hybridized carbons (Fsp3) is 0.818. The topological polar surface area (TPSA) is 81.4 Å². The molecule has 0 rings (SSSR count). The number of nitrogens with one attached hydrogen (secondary N) is 1. The summed E-state index contributed by atoms with van der Waals surface area (Å²) in [5.74, 6) is -0.572. The first kappa shape index (κ1) is 18.6. The summed E-state index contributed by atoms with van der Waals surface area (Å²) < 4.78 is 4.62. The van der Waals surface area contributed by atoms with Gasteiger partial charge in [0.15, 0.2) is 0 Å². The Balaban J connectivity index is 0. The molecule has 0 aromatic rings. The molecular formula is C11H23ClN2O3. The van der Waals surface area contributed by atoms with Gasteiger partial charge in [0.2, 0.25) is 5.91 Å². The third kappa shape index (κ3) is 7.99. The largest absolute Gasteiger partial charge is 0.467 e. The van der Waals surface area contributed by atoms with E-state index in [1.807, 2.05) is 20.8 Å². The number of carbonyl (C=O) groups is 2. The number of ether oxygens (including phenoxy) is 1. The van der Waals surface area contributed by atoms with Crippen molar-refractivity contribution in [2.75, 3.05) is 7.11 Å². The van der Waals surface area contributed by atoms with Crippen LogP contribution in [0.15, 0.2) is 0 Å². The average Bonchev–Trinajstić information content (AvgIpc) is 2.21. The van der Waals surface area contributed by atoms with Gasteiger partial charge < -0.3 is 15.8 Å². The Hall–Kier alpha value is -0.810. The molecule has 0 fully saturated rings. The van der Waals surface area contributed by atoms with Crippen LogP contribution in [0.4, 0.5) is 0 Å². The van der Waals surface area contributed by atoms with E-state index in [1.165, 1.54) is 7.11 Å². The third-order valence-corrected chi connectivity index (χ3v) is 2.27. The summed E-state index contributed by atoms with van der Waals surface area (Å²) in [6.45, 7) is 5.55. The molecule has 0 aromatic heterocycles. The molecule has 0 spiro atoms. The molecule has 0 bridgehead atoms. The van der Waals surface area contributed by atoms with E-state index in [9.17, 15) is 9.59 Å². The van der Waals surface area contributed by atoms with Crippen LogP contribution in [0, 0.1) is 5.92 Å². The molecule has 2 unspecified atom stereocenters. The fourth-order valence-corrected chi connectivity index (χ4v) is 1.23. The number of hydrogen-bond donors (Lipinski definition) is 2. The molecule has 6 heteroatoms. The number of halogens is 1. The second-order valence-electron chi connectivity index (χ2n) is 4.33. The van der Waals surface area contributed by atoms with Crippen LogP contribution in [0.2, 0.25) is 0 Å². The molecule has 0 aliphatic rings. The molecule has 0 saturated heterocycles. The van der Waals surface area contributed by atoms with E-state index in [4.69, 9.17) is 5.73 Å². The van der Waals surface area contributed by atoms with Gasteiger partial charge in [0.05, 0.1) is 7.11 Å². The van der Waals surface area contributed by atoms with Crippen molar-refractivity contribution in [3.63, 3.8) is 0 Å². The van der Waals surface area contributed by atoms with Gasteiger partial charge >= 0.3 is 5.97 Å². The normalized spacial score (nSPS) is 13.5. The van der Waals surface area contributed by atoms with Gasteiger partial charge in [-0.3, -0.25) is 4.79 Å². The number of methoxy groups -OCH3 is 1. The van der Waals surface area contributed by atoms with E-state index in [-0.39, 0.29) is 30.3 Å². The molecule has 0 aliphatic carbocycles. The highest BCUT2D eigenvalue weighted by Gasteiger charge is 2.24. The van der Waals surface area contributed by atoms with Gasteiger partial charge in [-0.25, -0.2) is 4.79 Å². The van der Waals surface area contributed by atoms with Crippen molar-refractivity contribution in [2.24, 2.45) is 11.7 Å². The molecule has 2 atom stereocenters. The molecule has 5 nitrogen and oxygen atoms in total. The number of carbonyl (C=O) groups excluding carboxylic acids is 2. The van der Waals surface area contributed by atoms with Crippen molar-refractivity contribution >= 4 is 24.3 Å². The van der Waals surface area contributed by atoms with Gasteiger partial charge in [0.1, 0.15) is 6.04 Å². The second kappa shape index (κ2) is 9.24. The summed E-state index contributed by atoms with van der Waals surface area (Å²) in [5, 5.41) is 2.65. The minimum absolute atomic E-state index is 0. The van der Waals surface area contributed by atoms with Gasteiger partial charge in [0, 0.05) is 12.5 Å². The van der Waals surface area contributed by atoms with Crippen LogP contribution in [-0.4, -0.2) is 31.1 Å². The van der Waals surface area contributed by atoms with Gasteiger partial charge in [-0.2, -0.15) is 0 Å². The van der Waals surface area contributed by atoms with E-state index in [2.05, 4.69) is 10.1 Å². The summed E-state index contributed by atoms with van der Waals surface area (Å²) in [6.07, 6.45) is 0.940. The molecule has 0 saturated carbocycles. The maximum absolute atomic E-state index is 11.5. The van der Waals surface area contributed by atoms with Crippen LogP contribution >= 0.6 is 12.4 Å². The molecule has 0 aromatic carbocycles. The molecule has 0 radical (unpaired) electrons. The highest BCUT2D eigenvalue weighted by Crippen LogP contribution is 2.04. The van der Waals surface area contributed by atoms with Gasteiger partial charge in [-0.1, -0.05) is 13.8 Å². The highest BCUT2D eigenvalue weighted by atomic mass is 35.5. The minimum Gasteiger partial charge on any atom is -0.467 e. The maximum atomic E-state index is 11.5. The molecule has 0 aliphatic heterocycles. The summed E-state index contributed by atoms with van der Waals surface area (Å²) in [7, 11) is 1.31. The monoisotopic (exact) mass is 266 g/mol. The number of rotatable bonds is 6. The zero-order valence-electron chi connectivity index (χ0n) is 10.9. The van der Waals surface area contributed by atoms with Gasteiger partial charge in [0.25, 0.3) is 0 Å². The van der Waals surface area contributed by atoms with Crippen LogP contribution in [0.25, 0.3) is 0 Å². The van der Waals surface area contributed by atoms with Crippen LogP contribution in [0.1, 0.15) is 33.6 Å². The van der Waals surface area contributed by atoms with Crippen LogP contribution < -0.4 is 11.1 Å². The number of esters is 1. The Kier molecular flexibility index (Phi) is 10.1. The van der Waals surface area contributed by atoms with Gasteiger partial charge in [-0.15, -0.1) is 12.4 Å². The predicted octanol–water partition coefficient (Wildman–Crippen LogP) is 0.849. The van der Waals surface area contributed by atoms with Crippen molar-refractivity contribution in [1.82, 2.24) is 5.32 Å². The Morgan fingerprint density at radius 1 is 1.29 bits per heavy atom. The summed E-state index contributed by atoms with van der Waals surface area (Å²) >= 11 is 0. The lowest BCUT2D eigenvalue weighted by atomic mass is 10.0. The molecule has 102 valence electrons. The maximum Gasteiger partial charge on any atom is 0.328 e. The van der Waals surface area contributed by atoms with Crippen LogP contribution in [0.5, 0.6) is 0 Å². The van der Waals surface area contributed by atoms with Crippen molar-refractivity contribution in [3.05, 3.63) is 0 Å². The van der Waals surface area contributed by atoms with Crippen LogP contribution in [0.3, 0.4) is 0 Å². The average molecular weight is 267 g/mol. The minimum atomic E-state index is -0.578. The SMILES string of the molecule is COC(=O)C(NC(=O)CCC(C)N)C(C)C.Cl. The Bertz CT molecular complexity index is 245. The number of hydrogen-bond acceptors (Lipinski definition) is 4. The predicted molar refractivity (Wildman–Crippen MR) is 68.9 cm³/mol. The Morgan fingerprint density at radius 2 is 1.82 bits per heavy atom. The van der Waals surface area contributed by atoms with Crippen LogP contribution in [-0.2, 0) is 14.3 Å². The van der Waals surface area contributed by atoms with Crippen molar-refractivity contribution < 1.29 is 14.3 Å². The van der Waals surface area contributed by atoms with E-state index >= 15 is 0 Å². The van der Waals surface area contributed by atoms with Crippen molar-refractivity contribution in [3.8, 4) is 0 Å². The standard InChI is InChI=1S/C11H22N2O3.ClH/c1-7(2)10(11(15)16-4)13-9(14)6-5-8(3)12;/h7-8,10H,5-6,12H2,1-4H3,(H,13,14);1H. The number of nitrogens with two attached hydrogens (primary N) is 1. The molecule has 1 amide bonds. The van der Waals surface area contributed by atoms with Gasteiger partial charge in [-0.05, 0) is 19.3 Å². The Labute approximate surface area is 109 Å². The first-order chi connectivity index (χ1) is 7.38. The lowest BCUT2D eigenvalue weighted by Gasteiger charge is -2.19. The first-order valence-corrected chi connectivity index (χ1v) is 5.51. The zero-order chi connectivity index (χ0) is 12.7. The lowest BCUT2D eigenvalue weighted by Crippen LogP contribution is -2.45. The summed E-state index contributed by atoms with van der Waals surface area (Å²) in [5.41, 5.74) is 5.55. The molecular weight excluding hydrogens is 244 g/mol. The molecule has 3 N–H and O–H groups in total. The lowest BCUT2D eigenvalue weighted by molar-refractivity contribution is -0.146. The Morgan fingerprint density at radius 3 is 2.18 bits per heavy atom. The second-order valence-corrected chi connectivity index (χ2v) is 4.33. The summed E-state index contributed by atoms with van der Waals surface area (Å²) in [4.78, 5) is 22.9. The van der Waals surface area contributed by atoms with E-state index in [0.29, 0.717) is 12.8 Å². The first-order valence-electron chi connectivity index (χ1n) is 5.51. The van der Waals surface area contributed by atoms with Crippen molar-refractivity contribution in [1.29, 1.82) is 0 Å². The van der Waals surface area contributed by atoms with E-state index in [0.717, 1.165) is 0 Å². The van der Waals surface area contributed by atoms with E-state index < -0.39 is 12.0 Å².